The van der Waals surface area contributed by atoms with Crippen molar-refractivity contribution in [2.45, 2.75) is 20.8 Å². The molecule has 1 aliphatic heterocycles. The molecule has 1 N–H and O–H groups in total. The molecule has 0 bridgehead atoms. The van der Waals surface area contributed by atoms with Crippen molar-refractivity contribution in [1.29, 1.82) is 0 Å². The van der Waals surface area contributed by atoms with E-state index in [9.17, 15) is 9.59 Å². The molecule has 0 saturated carbocycles. The van der Waals surface area contributed by atoms with E-state index in [1.165, 1.54) is 0 Å². The SMILES string of the molecule is CCOC(=O)c1c(C)[nH]c(C(=O)N2CCN(c3ccnc(-c4ccccc4)n3)CC2)c1C. The van der Waals surface area contributed by atoms with Gasteiger partial charge in [-0.1, -0.05) is 30.3 Å². The third-order valence-corrected chi connectivity index (χ3v) is 5.69. The van der Waals surface area contributed by atoms with E-state index < -0.39 is 5.97 Å². The number of esters is 1. The van der Waals surface area contributed by atoms with Crippen molar-refractivity contribution in [2.75, 3.05) is 37.7 Å². The summed E-state index contributed by atoms with van der Waals surface area (Å²) in [5.41, 5.74) is 3.16. The molecule has 0 spiro atoms. The number of nitrogens with zero attached hydrogens (tertiary/aromatic N) is 4. The first kappa shape index (κ1) is 21.5. The Bertz CT molecular complexity index is 1120. The number of benzene rings is 1. The average molecular weight is 434 g/mol. The number of carbonyl (C=O) groups excluding carboxylic acids is 2. The summed E-state index contributed by atoms with van der Waals surface area (Å²) in [7, 11) is 0. The number of hydrogen-bond acceptors (Lipinski definition) is 6. The highest BCUT2D eigenvalue weighted by Gasteiger charge is 2.28. The fourth-order valence-corrected chi connectivity index (χ4v) is 4.02. The van der Waals surface area contributed by atoms with Gasteiger partial charge in [0.25, 0.3) is 5.91 Å². The van der Waals surface area contributed by atoms with Crippen LogP contribution < -0.4 is 4.90 Å². The van der Waals surface area contributed by atoms with Gasteiger partial charge in [-0.15, -0.1) is 0 Å². The second-order valence-electron chi connectivity index (χ2n) is 7.73. The lowest BCUT2D eigenvalue weighted by atomic mass is 10.1. The maximum Gasteiger partial charge on any atom is 0.340 e. The molecule has 8 heteroatoms. The number of anilines is 1. The molecule has 1 fully saturated rings. The monoisotopic (exact) mass is 433 g/mol. The number of hydrogen-bond donors (Lipinski definition) is 1. The fraction of sp³-hybridized carbons (Fsp3) is 0.333. The molecule has 0 atom stereocenters. The first-order chi connectivity index (χ1) is 15.5. The maximum atomic E-state index is 13.1. The van der Waals surface area contributed by atoms with E-state index >= 15 is 0 Å². The smallest absolute Gasteiger partial charge is 0.340 e. The summed E-state index contributed by atoms with van der Waals surface area (Å²) in [6.07, 6.45) is 1.77. The normalized spacial score (nSPS) is 13.8. The number of nitrogens with one attached hydrogen (secondary N) is 1. The summed E-state index contributed by atoms with van der Waals surface area (Å²) < 4.78 is 5.13. The van der Waals surface area contributed by atoms with Crippen LogP contribution in [0.1, 0.15) is 39.0 Å². The third kappa shape index (κ3) is 4.21. The van der Waals surface area contributed by atoms with E-state index in [-0.39, 0.29) is 5.91 Å². The Hall–Kier alpha value is -3.68. The lowest BCUT2D eigenvalue weighted by molar-refractivity contribution is 0.0525. The summed E-state index contributed by atoms with van der Waals surface area (Å²) in [6, 6.07) is 11.8. The van der Waals surface area contributed by atoms with Gasteiger partial charge < -0.3 is 19.5 Å². The highest BCUT2D eigenvalue weighted by atomic mass is 16.5. The van der Waals surface area contributed by atoms with Crippen LogP contribution in [0.15, 0.2) is 42.6 Å². The van der Waals surface area contributed by atoms with E-state index in [1.54, 1.807) is 27.0 Å². The van der Waals surface area contributed by atoms with Crippen LogP contribution in [-0.2, 0) is 4.74 Å². The summed E-state index contributed by atoms with van der Waals surface area (Å²) in [6.45, 7) is 8.09. The molecule has 0 radical (unpaired) electrons. The van der Waals surface area contributed by atoms with E-state index in [4.69, 9.17) is 9.72 Å². The van der Waals surface area contributed by atoms with E-state index in [1.807, 2.05) is 41.3 Å². The van der Waals surface area contributed by atoms with Crippen molar-refractivity contribution in [1.82, 2.24) is 19.9 Å². The minimum Gasteiger partial charge on any atom is -0.462 e. The summed E-state index contributed by atoms with van der Waals surface area (Å²) in [4.78, 5) is 41.6. The molecule has 0 aliphatic carbocycles. The summed E-state index contributed by atoms with van der Waals surface area (Å²) >= 11 is 0. The van der Waals surface area contributed by atoms with Crippen LogP contribution in [0.3, 0.4) is 0 Å². The molecule has 1 amide bonds. The van der Waals surface area contributed by atoms with E-state index in [0.717, 1.165) is 11.4 Å². The molecule has 4 rings (SSSR count). The summed E-state index contributed by atoms with van der Waals surface area (Å²) in [5, 5.41) is 0. The molecule has 1 saturated heterocycles. The van der Waals surface area contributed by atoms with Crippen LogP contribution in [0.25, 0.3) is 11.4 Å². The number of carbonyl (C=O) groups is 2. The topological polar surface area (TPSA) is 91.4 Å². The first-order valence-corrected chi connectivity index (χ1v) is 10.8. The van der Waals surface area contributed by atoms with E-state index in [0.29, 0.717) is 61.1 Å². The standard InChI is InChI=1S/C24H27N5O3/c1-4-32-24(31)20-16(2)21(26-17(20)3)23(30)29-14-12-28(13-15-29)19-10-11-25-22(27-19)18-8-6-5-7-9-18/h5-11,26H,4,12-15H2,1-3H3. The lowest BCUT2D eigenvalue weighted by Gasteiger charge is -2.35. The second-order valence-corrected chi connectivity index (χ2v) is 7.73. The molecule has 0 unspecified atom stereocenters. The van der Waals surface area contributed by atoms with Crippen LogP contribution in [0.5, 0.6) is 0 Å². The van der Waals surface area contributed by atoms with Gasteiger partial charge in [0, 0.05) is 43.6 Å². The van der Waals surface area contributed by atoms with E-state index in [2.05, 4.69) is 14.9 Å². The van der Waals surface area contributed by atoms with Crippen LogP contribution >= 0.6 is 0 Å². The van der Waals surface area contributed by atoms with Crippen LogP contribution in [0, 0.1) is 13.8 Å². The molecule has 3 aromatic rings. The van der Waals surface area contributed by atoms with Crippen LogP contribution in [0.4, 0.5) is 5.82 Å². The van der Waals surface area contributed by atoms with Gasteiger partial charge >= 0.3 is 5.97 Å². The zero-order valence-electron chi connectivity index (χ0n) is 18.6. The summed E-state index contributed by atoms with van der Waals surface area (Å²) in [5.74, 6) is 1.03. The van der Waals surface area contributed by atoms with Crippen LogP contribution in [0.2, 0.25) is 0 Å². The Morgan fingerprint density at radius 3 is 2.47 bits per heavy atom. The number of ether oxygens (including phenoxy) is 1. The van der Waals surface area contributed by atoms with Crippen molar-refractivity contribution in [3.05, 3.63) is 65.1 Å². The number of H-pyrrole nitrogens is 1. The Kier molecular flexibility index (Phi) is 6.20. The number of aromatic amines is 1. The largest absolute Gasteiger partial charge is 0.462 e. The highest BCUT2D eigenvalue weighted by Crippen LogP contribution is 2.23. The number of piperazine rings is 1. The molecule has 3 heterocycles. The van der Waals surface area contributed by atoms with Crippen molar-refractivity contribution < 1.29 is 14.3 Å². The first-order valence-electron chi connectivity index (χ1n) is 10.8. The fourth-order valence-electron chi connectivity index (χ4n) is 4.02. The van der Waals surface area contributed by atoms with Crippen molar-refractivity contribution >= 4 is 17.7 Å². The molecular weight excluding hydrogens is 406 g/mol. The third-order valence-electron chi connectivity index (χ3n) is 5.69. The van der Waals surface area contributed by atoms with Gasteiger partial charge in [0.1, 0.15) is 11.5 Å². The maximum absolute atomic E-state index is 13.1. The molecule has 1 aliphatic rings. The number of aromatic nitrogens is 3. The van der Waals surface area contributed by atoms with Crippen molar-refractivity contribution in [2.24, 2.45) is 0 Å². The second kappa shape index (κ2) is 9.21. The number of rotatable bonds is 5. The van der Waals surface area contributed by atoms with Gasteiger partial charge in [0.2, 0.25) is 0 Å². The number of amides is 1. The minimum absolute atomic E-state index is 0.103. The molecule has 1 aromatic carbocycles. The zero-order chi connectivity index (χ0) is 22.7. The molecular formula is C24H27N5O3. The number of aryl methyl sites for hydroxylation is 1. The molecule has 32 heavy (non-hydrogen) atoms. The van der Waals surface area contributed by atoms with Gasteiger partial charge in [-0.3, -0.25) is 4.79 Å². The Morgan fingerprint density at radius 1 is 1.06 bits per heavy atom. The van der Waals surface area contributed by atoms with Crippen molar-refractivity contribution in [3.8, 4) is 11.4 Å². The van der Waals surface area contributed by atoms with Gasteiger partial charge in [0.05, 0.1) is 12.2 Å². The Balaban J connectivity index is 1.45. The predicted molar refractivity (Wildman–Crippen MR) is 122 cm³/mol. The van der Waals surface area contributed by atoms with Gasteiger partial charge in [0.15, 0.2) is 5.82 Å². The molecule has 166 valence electrons. The quantitative estimate of drug-likeness (QED) is 0.621. The molecule has 2 aromatic heterocycles. The Labute approximate surface area is 187 Å². The highest BCUT2D eigenvalue weighted by molar-refractivity contribution is 6.00. The van der Waals surface area contributed by atoms with Gasteiger partial charge in [-0.05, 0) is 32.4 Å². The predicted octanol–water partition coefficient (Wildman–Crippen LogP) is 3.23. The van der Waals surface area contributed by atoms with Gasteiger partial charge in [-0.25, -0.2) is 14.8 Å². The lowest BCUT2D eigenvalue weighted by Crippen LogP contribution is -2.49. The Morgan fingerprint density at radius 2 is 1.78 bits per heavy atom. The van der Waals surface area contributed by atoms with Crippen molar-refractivity contribution in [3.63, 3.8) is 0 Å². The average Bonchev–Trinajstić information content (AvgIpc) is 3.13. The van der Waals surface area contributed by atoms with Gasteiger partial charge in [-0.2, -0.15) is 0 Å². The van der Waals surface area contributed by atoms with Crippen LogP contribution in [-0.4, -0.2) is 64.5 Å². The molecule has 8 nitrogen and oxygen atoms in total. The minimum atomic E-state index is -0.402. The zero-order valence-corrected chi connectivity index (χ0v) is 18.6.